The number of nitrogens with zero attached hydrogens (tertiary/aromatic N) is 1. The Labute approximate surface area is 104 Å². The molecule has 94 valence electrons. The summed E-state index contributed by atoms with van der Waals surface area (Å²) >= 11 is 0. The molecule has 2 aliphatic heterocycles. The van der Waals surface area contributed by atoms with Gasteiger partial charge in [-0.3, -0.25) is 9.59 Å². The fraction of sp³-hybridized carbons (Fsp3) is 0.385. The Balaban J connectivity index is 1.62. The topological polar surface area (TPSA) is 66.8 Å². The Morgan fingerprint density at radius 2 is 2.00 bits per heavy atom. The van der Waals surface area contributed by atoms with Crippen LogP contribution in [0.25, 0.3) is 0 Å². The second-order valence-electron chi connectivity index (χ2n) is 4.70. The van der Waals surface area contributed by atoms with E-state index in [0.717, 1.165) is 11.3 Å². The van der Waals surface area contributed by atoms with Crippen LogP contribution in [0.3, 0.4) is 0 Å². The summed E-state index contributed by atoms with van der Waals surface area (Å²) in [7, 11) is 0. The third-order valence-electron chi connectivity index (χ3n) is 3.47. The highest BCUT2D eigenvalue weighted by atomic mass is 16.5. The summed E-state index contributed by atoms with van der Waals surface area (Å²) in [5.74, 6) is -0.609. The van der Waals surface area contributed by atoms with Crippen molar-refractivity contribution in [2.45, 2.75) is 12.5 Å². The quantitative estimate of drug-likeness (QED) is 0.828. The van der Waals surface area contributed by atoms with Crippen molar-refractivity contribution in [2.75, 3.05) is 13.1 Å². The van der Waals surface area contributed by atoms with Gasteiger partial charge in [-0.25, -0.2) is 0 Å². The third kappa shape index (κ3) is 1.72. The van der Waals surface area contributed by atoms with E-state index in [1.165, 1.54) is 0 Å². The van der Waals surface area contributed by atoms with Crippen LogP contribution in [0.15, 0.2) is 24.3 Å². The second-order valence-corrected chi connectivity index (χ2v) is 4.70. The molecule has 0 spiro atoms. The van der Waals surface area contributed by atoms with E-state index in [-0.39, 0.29) is 5.91 Å². The molecule has 18 heavy (non-hydrogen) atoms. The molecule has 5 nitrogen and oxygen atoms in total. The van der Waals surface area contributed by atoms with Crippen molar-refractivity contribution >= 4 is 11.9 Å². The van der Waals surface area contributed by atoms with Crippen LogP contribution in [-0.2, 0) is 16.0 Å². The number of ether oxygens (including phenoxy) is 1. The number of carboxylic acids is 1. The molecule has 5 heteroatoms. The zero-order valence-corrected chi connectivity index (χ0v) is 9.70. The second kappa shape index (κ2) is 4.01. The molecule has 1 aromatic rings. The van der Waals surface area contributed by atoms with Crippen LogP contribution in [0.2, 0.25) is 0 Å². The number of rotatable bonds is 2. The molecule has 0 radical (unpaired) electrons. The summed E-state index contributed by atoms with van der Waals surface area (Å²) in [6.07, 6.45) is 0.0839. The number of aliphatic carboxylic acids is 1. The minimum Gasteiger partial charge on any atom is -0.481 e. The molecule has 1 fully saturated rings. The van der Waals surface area contributed by atoms with Crippen LogP contribution in [0.4, 0.5) is 0 Å². The van der Waals surface area contributed by atoms with Gasteiger partial charge in [-0.15, -0.1) is 0 Å². The lowest BCUT2D eigenvalue weighted by Crippen LogP contribution is -2.56. The first kappa shape index (κ1) is 11.1. The normalized spacial score (nSPS) is 22.0. The highest BCUT2D eigenvalue weighted by Crippen LogP contribution is 2.30. The summed E-state index contributed by atoms with van der Waals surface area (Å²) in [6.45, 7) is 0.592. The lowest BCUT2D eigenvalue weighted by Gasteiger charge is -2.37. The van der Waals surface area contributed by atoms with Crippen molar-refractivity contribution in [3.63, 3.8) is 0 Å². The van der Waals surface area contributed by atoms with Crippen LogP contribution < -0.4 is 4.74 Å². The van der Waals surface area contributed by atoms with Crippen molar-refractivity contribution < 1.29 is 19.4 Å². The largest absolute Gasteiger partial charge is 0.481 e. The molecular formula is C13H13NO4. The van der Waals surface area contributed by atoms with Crippen molar-refractivity contribution in [2.24, 2.45) is 5.92 Å². The third-order valence-corrected chi connectivity index (χ3v) is 3.47. The summed E-state index contributed by atoms with van der Waals surface area (Å²) in [6, 6.07) is 7.58. The molecule has 0 saturated carbocycles. The summed E-state index contributed by atoms with van der Waals surface area (Å²) in [5.41, 5.74) is 1.03. The predicted octanol–water partition coefficient (Wildman–Crippen LogP) is 0.533. The van der Waals surface area contributed by atoms with Gasteiger partial charge in [-0.05, 0) is 11.6 Å². The SMILES string of the molecule is O=C(O)C1CN(C(=O)C2Cc3ccccc3O2)C1. The Morgan fingerprint density at radius 3 is 2.67 bits per heavy atom. The summed E-state index contributed by atoms with van der Waals surface area (Å²) in [4.78, 5) is 24.3. The van der Waals surface area contributed by atoms with Crippen LogP contribution in [0, 0.1) is 5.92 Å². The number of hydrogen-bond acceptors (Lipinski definition) is 3. The Bertz CT molecular complexity index is 482. The Kier molecular flexibility index (Phi) is 2.47. The Morgan fingerprint density at radius 1 is 1.28 bits per heavy atom. The zero-order chi connectivity index (χ0) is 12.7. The zero-order valence-electron chi connectivity index (χ0n) is 9.70. The van der Waals surface area contributed by atoms with Crippen molar-refractivity contribution in [1.29, 1.82) is 0 Å². The predicted molar refractivity (Wildman–Crippen MR) is 62.3 cm³/mol. The fourth-order valence-electron chi connectivity index (χ4n) is 2.34. The first-order valence-corrected chi connectivity index (χ1v) is 5.91. The molecule has 2 heterocycles. The lowest BCUT2D eigenvalue weighted by molar-refractivity contribution is -0.155. The molecule has 1 unspecified atom stereocenters. The van der Waals surface area contributed by atoms with Gasteiger partial charge in [0, 0.05) is 19.5 Å². The molecule has 1 saturated heterocycles. The van der Waals surface area contributed by atoms with Gasteiger partial charge in [-0.2, -0.15) is 0 Å². The molecule has 1 atom stereocenters. The summed E-state index contributed by atoms with van der Waals surface area (Å²) in [5, 5.41) is 8.77. The number of carbonyl (C=O) groups excluding carboxylic acids is 1. The number of benzene rings is 1. The number of carboxylic acid groups (broad SMARTS) is 1. The number of hydrogen-bond donors (Lipinski definition) is 1. The van der Waals surface area contributed by atoms with Crippen LogP contribution in [-0.4, -0.2) is 41.1 Å². The van der Waals surface area contributed by atoms with E-state index >= 15 is 0 Å². The van der Waals surface area contributed by atoms with Crippen molar-refractivity contribution in [3.05, 3.63) is 29.8 Å². The first-order valence-electron chi connectivity index (χ1n) is 5.91. The average molecular weight is 247 g/mol. The molecule has 3 rings (SSSR count). The fourth-order valence-corrected chi connectivity index (χ4v) is 2.34. The van der Waals surface area contributed by atoms with E-state index in [1.54, 1.807) is 4.90 Å². The smallest absolute Gasteiger partial charge is 0.310 e. The lowest BCUT2D eigenvalue weighted by atomic mass is 9.99. The van der Waals surface area contributed by atoms with Gasteiger partial charge in [0.25, 0.3) is 5.91 Å². The van der Waals surface area contributed by atoms with Crippen molar-refractivity contribution in [1.82, 2.24) is 4.90 Å². The number of carbonyl (C=O) groups is 2. The molecule has 0 aromatic heterocycles. The Hall–Kier alpha value is -2.04. The van der Waals surface area contributed by atoms with E-state index < -0.39 is 18.0 Å². The van der Waals surface area contributed by atoms with Gasteiger partial charge < -0.3 is 14.7 Å². The van der Waals surface area contributed by atoms with Crippen molar-refractivity contribution in [3.8, 4) is 5.75 Å². The molecule has 1 aromatic carbocycles. The van der Waals surface area contributed by atoms with Crippen LogP contribution in [0.1, 0.15) is 5.56 Å². The molecule has 2 aliphatic rings. The van der Waals surface area contributed by atoms with Gasteiger partial charge in [0.15, 0.2) is 6.10 Å². The molecule has 0 aliphatic carbocycles. The van der Waals surface area contributed by atoms with Crippen LogP contribution >= 0.6 is 0 Å². The minimum atomic E-state index is -0.838. The number of fused-ring (bicyclic) bond motifs is 1. The van der Waals surface area contributed by atoms with E-state index in [1.807, 2.05) is 24.3 Å². The maximum absolute atomic E-state index is 12.1. The maximum atomic E-state index is 12.1. The van der Waals surface area contributed by atoms with Gasteiger partial charge in [0.1, 0.15) is 5.75 Å². The maximum Gasteiger partial charge on any atom is 0.310 e. The molecular weight excluding hydrogens is 234 g/mol. The minimum absolute atomic E-state index is 0.108. The summed E-state index contributed by atoms with van der Waals surface area (Å²) < 4.78 is 5.58. The number of para-hydroxylation sites is 1. The van der Waals surface area contributed by atoms with E-state index in [9.17, 15) is 9.59 Å². The average Bonchev–Trinajstić information content (AvgIpc) is 2.69. The molecule has 1 amide bonds. The van der Waals surface area contributed by atoms with E-state index in [2.05, 4.69) is 0 Å². The monoisotopic (exact) mass is 247 g/mol. The highest BCUT2D eigenvalue weighted by Gasteiger charge is 2.40. The van der Waals surface area contributed by atoms with Gasteiger partial charge >= 0.3 is 5.97 Å². The number of amides is 1. The van der Waals surface area contributed by atoms with Gasteiger partial charge in [0.2, 0.25) is 0 Å². The first-order chi connectivity index (χ1) is 8.65. The van der Waals surface area contributed by atoms with Crippen LogP contribution in [0.5, 0.6) is 5.75 Å². The highest BCUT2D eigenvalue weighted by molar-refractivity contribution is 5.85. The molecule has 1 N–H and O–H groups in total. The standard InChI is InChI=1S/C13H13NO4/c15-12(14-6-9(7-14)13(16)17)11-5-8-3-1-2-4-10(8)18-11/h1-4,9,11H,5-7H2,(H,16,17). The van der Waals surface area contributed by atoms with Gasteiger partial charge in [-0.1, -0.05) is 18.2 Å². The van der Waals surface area contributed by atoms with E-state index in [0.29, 0.717) is 19.5 Å². The van der Waals surface area contributed by atoms with E-state index in [4.69, 9.17) is 9.84 Å². The molecule has 0 bridgehead atoms. The van der Waals surface area contributed by atoms with Gasteiger partial charge in [0.05, 0.1) is 5.92 Å². The number of likely N-dealkylation sites (tertiary alicyclic amines) is 1.